The zero-order valence-corrected chi connectivity index (χ0v) is 19.9. The van der Waals surface area contributed by atoms with Gasteiger partial charge >= 0.3 is 37.2 Å². The minimum absolute atomic E-state index is 0.0241. The number of unbranched alkanes of at least 4 members (excludes halogenated alkanes) is 1. The first-order valence-corrected chi connectivity index (χ1v) is 13.1. The largest absolute Gasteiger partial charge is 0.493 e. The Morgan fingerprint density at radius 3 is 2.03 bits per heavy atom. The molecule has 0 amide bonds. The van der Waals surface area contributed by atoms with Crippen LogP contribution >= 0.6 is 0 Å². The molecule has 0 aromatic heterocycles. The maximum absolute atomic E-state index is 12.0. The fourth-order valence-electron chi connectivity index (χ4n) is 2.17. The van der Waals surface area contributed by atoms with Gasteiger partial charge in [-0.25, -0.2) is 17.3 Å². The Bertz CT molecular complexity index is 1130. The number of methoxy groups -OCH3 is 1. The number of hydrogen-bond donors (Lipinski definition) is 3. The molecule has 0 bridgehead atoms. The molecular formula is C15H22O16S3. The van der Waals surface area contributed by atoms with Gasteiger partial charge in [0.25, 0.3) is 0 Å². The minimum Gasteiger partial charge on any atom is -0.493 e. The van der Waals surface area contributed by atoms with Crippen molar-refractivity contribution in [1.82, 2.24) is 0 Å². The van der Waals surface area contributed by atoms with Crippen LogP contribution in [0.4, 0.5) is 0 Å². The van der Waals surface area contributed by atoms with Crippen LogP contribution in [0.5, 0.6) is 11.5 Å². The Hall–Kier alpha value is -2.10. The first-order valence-electron chi connectivity index (χ1n) is 8.97. The Kier molecular flexibility index (Phi) is 11.5. The molecule has 1 aromatic rings. The summed E-state index contributed by atoms with van der Waals surface area (Å²) in [5, 5.41) is 0. The molecule has 3 N–H and O–H groups in total. The second-order valence-electron chi connectivity index (χ2n) is 6.12. The highest BCUT2D eigenvalue weighted by Gasteiger charge is 2.22. The zero-order chi connectivity index (χ0) is 26.0. The number of ether oxygens (including phenoxy) is 3. The molecule has 0 spiro atoms. The number of rotatable bonds is 16. The molecule has 0 unspecified atom stereocenters. The van der Waals surface area contributed by atoms with E-state index in [-0.39, 0.29) is 43.1 Å². The van der Waals surface area contributed by atoms with Gasteiger partial charge in [0.2, 0.25) is 0 Å². The quantitative estimate of drug-likeness (QED) is 0.137. The van der Waals surface area contributed by atoms with Crippen molar-refractivity contribution >= 4 is 37.2 Å². The zero-order valence-electron chi connectivity index (χ0n) is 17.4. The molecule has 19 heteroatoms. The van der Waals surface area contributed by atoms with E-state index in [9.17, 15) is 30.0 Å². The van der Waals surface area contributed by atoms with E-state index in [0.29, 0.717) is 0 Å². The summed E-state index contributed by atoms with van der Waals surface area (Å²) in [5.41, 5.74) is -0.115. The van der Waals surface area contributed by atoms with E-state index in [4.69, 9.17) is 23.1 Å². The molecule has 0 heterocycles. The molecule has 0 fully saturated rings. The Labute approximate surface area is 195 Å². The lowest BCUT2D eigenvalue weighted by Gasteiger charge is -2.17. The van der Waals surface area contributed by atoms with Gasteiger partial charge in [0.15, 0.2) is 0 Å². The average molecular weight is 555 g/mol. The molecule has 196 valence electrons. The minimum atomic E-state index is -5.04. The molecule has 0 radical (unpaired) electrons. The second-order valence-corrected chi connectivity index (χ2v) is 9.35. The summed E-state index contributed by atoms with van der Waals surface area (Å²) in [4.78, 5) is 12.0. The highest BCUT2D eigenvalue weighted by Crippen LogP contribution is 2.26. The van der Waals surface area contributed by atoms with E-state index in [1.807, 2.05) is 0 Å². The SMILES string of the molecule is COC(=O)c1cc(OC[C@@H](COS(=O)(=O)O)OS(=O)(=O)O)ccc1OCCCCOS(=O)(=O)O. The van der Waals surface area contributed by atoms with E-state index in [1.165, 1.54) is 12.1 Å². The first kappa shape index (κ1) is 29.9. The smallest absolute Gasteiger partial charge is 0.397 e. The third-order valence-electron chi connectivity index (χ3n) is 3.48. The fraction of sp³-hybridized carbons (Fsp3) is 0.533. The fourth-order valence-corrected chi connectivity index (χ4v) is 3.28. The van der Waals surface area contributed by atoms with E-state index in [2.05, 4.69) is 17.3 Å². The topological polar surface area (TPSA) is 236 Å². The number of esters is 1. The van der Waals surface area contributed by atoms with Gasteiger partial charge in [-0.05, 0) is 31.0 Å². The van der Waals surface area contributed by atoms with Gasteiger partial charge in [0.05, 0.1) is 26.9 Å². The van der Waals surface area contributed by atoms with Gasteiger partial charge in [-0.3, -0.25) is 13.7 Å². The molecule has 0 saturated heterocycles. The van der Waals surface area contributed by atoms with Crippen molar-refractivity contribution in [1.29, 1.82) is 0 Å². The lowest BCUT2D eigenvalue weighted by atomic mass is 10.2. The Morgan fingerprint density at radius 2 is 1.47 bits per heavy atom. The number of hydrogen-bond acceptors (Lipinski definition) is 13. The van der Waals surface area contributed by atoms with E-state index in [1.54, 1.807) is 0 Å². The van der Waals surface area contributed by atoms with Crippen LogP contribution in [-0.4, -0.2) is 84.5 Å². The Morgan fingerprint density at radius 1 is 0.853 bits per heavy atom. The van der Waals surface area contributed by atoms with Crippen molar-refractivity contribution in [3.8, 4) is 11.5 Å². The third-order valence-corrected chi connectivity index (χ3v) is 4.90. The lowest BCUT2D eigenvalue weighted by molar-refractivity contribution is 0.0593. The van der Waals surface area contributed by atoms with Crippen LogP contribution in [0, 0.1) is 0 Å². The van der Waals surface area contributed by atoms with Gasteiger partial charge < -0.3 is 14.2 Å². The standard InChI is InChI=1S/C15H22O16S3/c1-26-15(16)13-8-11(4-5-14(13)27-6-2-3-7-29-32(17,18)19)28-9-12(31-34(23,24)25)10-30-33(20,21)22/h4-5,8,12H,2-3,6-7,9-10H2,1H3,(H,17,18,19)(H,20,21,22)(H,23,24,25)/t12-/m0/s1. The van der Waals surface area contributed by atoms with Crippen LogP contribution < -0.4 is 9.47 Å². The van der Waals surface area contributed by atoms with Gasteiger partial charge in [-0.2, -0.15) is 25.3 Å². The van der Waals surface area contributed by atoms with Crippen LogP contribution in [0.25, 0.3) is 0 Å². The van der Waals surface area contributed by atoms with Crippen molar-refractivity contribution < 1.29 is 70.5 Å². The summed E-state index contributed by atoms with van der Waals surface area (Å²) in [7, 11) is -13.4. The normalized spacial score (nSPS) is 13.3. The van der Waals surface area contributed by atoms with E-state index >= 15 is 0 Å². The molecule has 1 atom stereocenters. The third kappa shape index (κ3) is 13.6. The highest BCUT2D eigenvalue weighted by molar-refractivity contribution is 7.81. The van der Waals surface area contributed by atoms with Crippen molar-refractivity contribution in [2.75, 3.05) is 33.5 Å². The molecular weight excluding hydrogens is 532 g/mol. The summed E-state index contributed by atoms with van der Waals surface area (Å²) in [6.45, 7) is -2.00. The van der Waals surface area contributed by atoms with Gasteiger partial charge in [0.1, 0.15) is 29.8 Å². The van der Waals surface area contributed by atoms with Crippen molar-refractivity contribution in [2.45, 2.75) is 18.9 Å². The van der Waals surface area contributed by atoms with Crippen molar-refractivity contribution in [2.24, 2.45) is 0 Å². The summed E-state index contributed by atoms with van der Waals surface area (Å²) >= 11 is 0. The number of benzene rings is 1. The molecule has 0 aliphatic rings. The lowest BCUT2D eigenvalue weighted by Crippen LogP contribution is -2.30. The summed E-state index contributed by atoms with van der Waals surface area (Å²) < 4.78 is 118. The van der Waals surface area contributed by atoms with Gasteiger partial charge in [-0.15, -0.1) is 0 Å². The van der Waals surface area contributed by atoms with Crippen molar-refractivity contribution in [3.05, 3.63) is 23.8 Å². The monoisotopic (exact) mass is 554 g/mol. The molecule has 16 nitrogen and oxygen atoms in total. The summed E-state index contributed by atoms with van der Waals surface area (Å²) in [6, 6.07) is 3.73. The first-order chi connectivity index (χ1) is 15.6. The molecule has 0 aliphatic heterocycles. The number of carbonyl (C=O) groups is 1. The van der Waals surface area contributed by atoms with Crippen LogP contribution in [0.3, 0.4) is 0 Å². The van der Waals surface area contributed by atoms with Gasteiger partial charge in [-0.1, -0.05) is 0 Å². The molecule has 1 rings (SSSR count). The summed E-state index contributed by atoms with van der Waals surface area (Å²) in [6.07, 6.45) is -1.22. The second kappa shape index (κ2) is 13.1. The van der Waals surface area contributed by atoms with E-state index < -0.39 is 56.5 Å². The molecule has 1 aromatic carbocycles. The van der Waals surface area contributed by atoms with Crippen LogP contribution in [-0.2, 0) is 48.5 Å². The maximum atomic E-state index is 12.0. The predicted octanol–water partition coefficient (Wildman–Crippen LogP) is -0.162. The van der Waals surface area contributed by atoms with Crippen LogP contribution in [0.1, 0.15) is 23.2 Å². The van der Waals surface area contributed by atoms with Gasteiger partial charge in [0, 0.05) is 0 Å². The average Bonchev–Trinajstić information content (AvgIpc) is 2.70. The van der Waals surface area contributed by atoms with Crippen molar-refractivity contribution in [3.63, 3.8) is 0 Å². The summed E-state index contributed by atoms with van der Waals surface area (Å²) in [5.74, 6) is -0.837. The van der Waals surface area contributed by atoms with E-state index in [0.717, 1.165) is 13.2 Å². The number of carbonyl (C=O) groups excluding carboxylic acids is 1. The maximum Gasteiger partial charge on any atom is 0.397 e. The van der Waals surface area contributed by atoms with Crippen LogP contribution in [0.15, 0.2) is 18.2 Å². The predicted molar refractivity (Wildman–Crippen MR) is 109 cm³/mol. The Balaban J connectivity index is 2.82. The molecule has 34 heavy (non-hydrogen) atoms. The highest BCUT2D eigenvalue weighted by atomic mass is 32.3. The van der Waals surface area contributed by atoms with Crippen LogP contribution in [0.2, 0.25) is 0 Å². The molecule has 0 saturated carbocycles. The molecule has 0 aliphatic carbocycles.